The molecule has 1 nitrogen and oxygen atoms in total. The van der Waals surface area contributed by atoms with Crippen LogP contribution in [0.3, 0.4) is 0 Å². The van der Waals surface area contributed by atoms with Gasteiger partial charge in [0.25, 0.3) is 0 Å². The third kappa shape index (κ3) is 3.69. The molecule has 2 aromatic rings. The van der Waals surface area contributed by atoms with Crippen molar-refractivity contribution < 1.29 is 13.9 Å². The van der Waals surface area contributed by atoms with Crippen molar-refractivity contribution in [2.45, 2.75) is 26.4 Å². The molecule has 0 saturated heterocycles. The van der Waals surface area contributed by atoms with E-state index in [-0.39, 0.29) is 10.0 Å². The van der Waals surface area contributed by atoms with Gasteiger partial charge in [-0.05, 0) is 51.5 Å². The van der Waals surface area contributed by atoms with Crippen LogP contribution in [0.4, 0.5) is 8.78 Å². The molecular formula is C17H17BrF2O. The molecule has 21 heavy (non-hydrogen) atoms. The highest BCUT2D eigenvalue weighted by molar-refractivity contribution is 9.10. The Morgan fingerprint density at radius 2 is 1.67 bits per heavy atom. The van der Waals surface area contributed by atoms with Crippen molar-refractivity contribution in [1.29, 1.82) is 0 Å². The molecule has 0 bridgehead atoms. The van der Waals surface area contributed by atoms with E-state index in [9.17, 15) is 13.9 Å². The van der Waals surface area contributed by atoms with E-state index in [0.717, 1.165) is 18.1 Å². The molecule has 0 aliphatic carbocycles. The Morgan fingerprint density at radius 1 is 1.05 bits per heavy atom. The third-order valence-electron chi connectivity index (χ3n) is 3.29. The van der Waals surface area contributed by atoms with Gasteiger partial charge in [0, 0.05) is 0 Å². The fourth-order valence-corrected chi connectivity index (χ4v) is 2.61. The predicted molar refractivity (Wildman–Crippen MR) is 83.1 cm³/mol. The molecule has 1 atom stereocenters. The summed E-state index contributed by atoms with van der Waals surface area (Å²) in [6.45, 7) is 4.24. The van der Waals surface area contributed by atoms with Crippen molar-refractivity contribution in [1.82, 2.24) is 0 Å². The van der Waals surface area contributed by atoms with Crippen LogP contribution in [-0.4, -0.2) is 5.11 Å². The topological polar surface area (TPSA) is 20.2 Å². The van der Waals surface area contributed by atoms with Crippen molar-refractivity contribution in [2.75, 3.05) is 0 Å². The summed E-state index contributed by atoms with van der Waals surface area (Å²) in [5.41, 5.74) is 1.27. The van der Waals surface area contributed by atoms with E-state index in [1.807, 2.05) is 12.1 Å². The van der Waals surface area contributed by atoms with E-state index >= 15 is 0 Å². The van der Waals surface area contributed by atoms with Crippen molar-refractivity contribution in [3.63, 3.8) is 0 Å². The Hall–Kier alpha value is -1.26. The van der Waals surface area contributed by atoms with Gasteiger partial charge < -0.3 is 5.11 Å². The minimum atomic E-state index is -1.32. The van der Waals surface area contributed by atoms with Crippen LogP contribution in [-0.2, 0) is 6.42 Å². The standard InChI is InChI=1S/C17H17BrF2O/c1-10(2)9-11-3-5-12(6-4-11)17(21)15-14(19)8-7-13(18)16(15)20/h3-8,10,17,21H,9H2,1-2H3. The Bertz CT molecular complexity index is 623. The quantitative estimate of drug-likeness (QED) is 0.765. The molecule has 2 aromatic carbocycles. The first-order chi connectivity index (χ1) is 9.90. The first-order valence-corrected chi connectivity index (χ1v) is 7.59. The minimum absolute atomic E-state index is 0.134. The van der Waals surface area contributed by atoms with E-state index < -0.39 is 17.7 Å². The molecule has 0 saturated carbocycles. The summed E-state index contributed by atoms with van der Waals surface area (Å²) in [6, 6.07) is 9.61. The maximum Gasteiger partial charge on any atom is 0.146 e. The smallest absolute Gasteiger partial charge is 0.146 e. The third-order valence-corrected chi connectivity index (χ3v) is 3.90. The molecule has 2 rings (SSSR count). The summed E-state index contributed by atoms with van der Waals surface area (Å²) in [6.07, 6.45) is -0.397. The fourth-order valence-electron chi connectivity index (χ4n) is 2.27. The highest BCUT2D eigenvalue weighted by Gasteiger charge is 2.21. The molecule has 1 N–H and O–H groups in total. The van der Waals surface area contributed by atoms with E-state index in [1.54, 1.807) is 12.1 Å². The lowest BCUT2D eigenvalue weighted by molar-refractivity contribution is 0.209. The Balaban J connectivity index is 2.32. The van der Waals surface area contributed by atoms with Gasteiger partial charge in [-0.25, -0.2) is 8.78 Å². The van der Waals surface area contributed by atoms with Gasteiger partial charge in [-0.3, -0.25) is 0 Å². The lowest BCUT2D eigenvalue weighted by Gasteiger charge is -2.15. The summed E-state index contributed by atoms with van der Waals surface area (Å²) >= 11 is 3.01. The molecule has 0 heterocycles. The number of halogens is 3. The number of hydrogen-bond donors (Lipinski definition) is 1. The molecule has 4 heteroatoms. The van der Waals surface area contributed by atoms with Gasteiger partial charge in [-0.1, -0.05) is 38.1 Å². The van der Waals surface area contributed by atoms with E-state index in [4.69, 9.17) is 0 Å². The van der Waals surface area contributed by atoms with Crippen LogP contribution < -0.4 is 0 Å². The van der Waals surface area contributed by atoms with Crippen LogP contribution in [0.15, 0.2) is 40.9 Å². The molecule has 0 fully saturated rings. The minimum Gasteiger partial charge on any atom is -0.383 e. The van der Waals surface area contributed by atoms with Gasteiger partial charge >= 0.3 is 0 Å². The fraction of sp³-hybridized carbons (Fsp3) is 0.294. The van der Waals surface area contributed by atoms with Crippen LogP contribution in [0.2, 0.25) is 0 Å². The zero-order chi connectivity index (χ0) is 15.6. The Labute approximate surface area is 131 Å². The van der Waals surface area contributed by atoms with E-state index in [2.05, 4.69) is 29.8 Å². The average Bonchev–Trinajstić information content (AvgIpc) is 2.43. The lowest BCUT2D eigenvalue weighted by atomic mass is 9.97. The summed E-state index contributed by atoms with van der Waals surface area (Å²) in [7, 11) is 0. The number of benzene rings is 2. The molecule has 0 amide bonds. The normalized spacial score (nSPS) is 12.7. The van der Waals surface area contributed by atoms with Crippen LogP contribution in [0, 0.1) is 17.6 Å². The van der Waals surface area contributed by atoms with Crippen molar-refractivity contribution in [2.24, 2.45) is 5.92 Å². The van der Waals surface area contributed by atoms with Gasteiger partial charge in [0.1, 0.15) is 17.7 Å². The number of rotatable bonds is 4. The average molecular weight is 355 g/mol. The number of hydrogen-bond acceptors (Lipinski definition) is 1. The molecule has 1 unspecified atom stereocenters. The maximum absolute atomic E-state index is 14.0. The SMILES string of the molecule is CC(C)Cc1ccc(C(O)c2c(F)ccc(Br)c2F)cc1. The van der Waals surface area contributed by atoms with Gasteiger partial charge in [0.05, 0.1) is 10.0 Å². The predicted octanol–water partition coefficient (Wildman–Crippen LogP) is 5.01. The highest BCUT2D eigenvalue weighted by Crippen LogP contribution is 2.30. The van der Waals surface area contributed by atoms with E-state index in [0.29, 0.717) is 11.5 Å². The Kier molecular flexibility index (Phi) is 5.12. The van der Waals surface area contributed by atoms with Crippen molar-refractivity contribution in [3.8, 4) is 0 Å². The second-order valence-electron chi connectivity index (χ2n) is 5.50. The van der Waals surface area contributed by atoms with Crippen molar-refractivity contribution in [3.05, 3.63) is 69.2 Å². The molecular weight excluding hydrogens is 338 g/mol. The van der Waals surface area contributed by atoms with Crippen molar-refractivity contribution >= 4 is 15.9 Å². The second kappa shape index (κ2) is 6.67. The maximum atomic E-state index is 14.0. The first-order valence-electron chi connectivity index (χ1n) is 6.80. The lowest BCUT2D eigenvalue weighted by Crippen LogP contribution is -2.06. The largest absolute Gasteiger partial charge is 0.383 e. The molecule has 0 aromatic heterocycles. The van der Waals surface area contributed by atoms with Gasteiger partial charge in [0.15, 0.2) is 0 Å². The highest BCUT2D eigenvalue weighted by atomic mass is 79.9. The van der Waals surface area contributed by atoms with Crippen LogP contribution in [0.1, 0.15) is 36.6 Å². The molecule has 112 valence electrons. The van der Waals surface area contributed by atoms with Crippen LogP contribution in [0.25, 0.3) is 0 Å². The number of aliphatic hydroxyl groups excluding tert-OH is 1. The second-order valence-corrected chi connectivity index (χ2v) is 6.35. The molecule has 0 aliphatic heterocycles. The van der Waals surface area contributed by atoms with Gasteiger partial charge in [0.2, 0.25) is 0 Å². The number of aliphatic hydroxyl groups is 1. The summed E-state index contributed by atoms with van der Waals surface area (Å²) in [5, 5.41) is 10.2. The first kappa shape index (κ1) is 16.1. The summed E-state index contributed by atoms with van der Waals surface area (Å²) in [5.74, 6) is -0.996. The van der Waals surface area contributed by atoms with Gasteiger partial charge in [-0.2, -0.15) is 0 Å². The zero-order valence-corrected chi connectivity index (χ0v) is 13.5. The zero-order valence-electron chi connectivity index (χ0n) is 11.9. The molecule has 0 radical (unpaired) electrons. The summed E-state index contributed by atoms with van der Waals surface area (Å²) in [4.78, 5) is 0. The summed E-state index contributed by atoms with van der Waals surface area (Å²) < 4.78 is 27.9. The molecule has 0 aliphatic rings. The van der Waals surface area contributed by atoms with E-state index in [1.165, 1.54) is 6.07 Å². The monoisotopic (exact) mass is 354 g/mol. The molecule has 0 spiro atoms. The van der Waals surface area contributed by atoms with Crippen LogP contribution in [0.5, 0.6) is 0 Å². The van der Waals surface area contributed by atoms with Gasteiger partial charge in [-0.15, -0.1) is 0 Å². The van der Waals surface area contributed by atoms with Crippen LogP contribution >= 0.6 is 15.9 Å². The Morgan fingerprint density at radius 3 is 2.24 bits per heavy atom.